The van der Waals surface area contributed by atoms with E-state index >= 15 is 0 Å². The van der Waals surface area contributed by atoms with E-state index in [9.17, 15) is 25.5 Å². The van der Waals surface area contributed by atoms with E-state index in [-0.39, 0.29) is 19.8 Å². The summed E-state index contributed by atoms with van der Waals surface area (Å²) in [7, 11) is 0. The van der Waals surface area contributed by atoms with E-state index in [1.807, 2.05) is 0 Å². The molecule has 164 valence electrons. The van der Waals surface area contributed by atoms with Crippen molar-refractivity contribution in [2.45, 2.75) is 55.3 Å². The number of aliphatic hydroxyl groups excluding tert-OH is 6. The molecule has 0 spiro atoms. The quantitative estimate of drug-likeness (QED) is 0.237. The first kappa shape index (κ1) is 22.3. The molecule has 7 N–H and O–H groups in total. The highest BCUT2D eigenvalue weighted by molar-refractivity contribution is 5.27. The summed E-state index contributed by atoms with van der Waals surface area (Å²) in [6, 6.07) is 6.31. The molecule has 8 atom stereocenters. The van der Waals surface area contributed by atoms with Gasteiger partial charge < -0.3 is 54.7 Å². The van der Waals surface area contributed by atoms with Crippen molar-refractivity contribution in [1.29, 1.82) is 0 Å². The fraction of sp³-hybridized carbons (Fsp3) is 0.667. The Morgan fingerprint density at radius 2 is 1.66 bits per heavy atom. The van der Waals surface area contributed by atoms with Crippen molar-refractivity contribution < 1.29 is 54.7 Å². The molecule has 2 aliphatic heterocycles. The van der Waals surface area contributed by atoms with Crippen LogP contribution in [0.15, 0.2) is 24.3 Å². The minimum atomic E-state index is -1.86. The third-order valence-corrected chi connectivity index (χ3v) is 5.03. The van der Waals surface area contributed by atoms with E-state index in [1.165, 1.54) is 0 Å². The summed E-state index contributed by atoms with van der Waals surface area (Å²) in [5, 5.41) is 68.6. The van der Waals surface area contributed by atoms with E-state index in [4.69, 9.17) is 29.2 Å². The summed E-state index contributed by atoms with van der Waals surface area (Å²) >= 11 is 0. The van der Waals surface area contributed by atoms with Crippen molar-refractivity contribution >= 4 is 0 Å². The van der Waals surface area contributed by atoms with E-state index in [0.717, 1.165) is 0 Å². The van der Waals surface area contributed by atoms with Gasteiger partial charge in [0, 0.05) is 0 Å². The normalized spacial score (nSPS) is 40.2. The van der Waals surface area contributed by atoms with Crippen molar-refractivity contribution in [3.05, 3.63) is 29.8 Å². The Kier molecular flexibility index (Phi) is 7.06. The van der Waals surface area contributed by atoms with Gasteiger partial charge in [0.25, 0.3) is 0 Å². The minimum Gasteiger partial charge on any atom is -0.462 e. The number of hydrogen-bond acceptors (Lipinski definition) is 11. The zero-order valence-electron chi connectivity index (χ0n) is 15.4. The first-order chi connectivity index (χ1) is 13.8. The van der Waals surface area contributed by atoms with Gasteiger partial charge in [-0.2, -0.15) is 0 Å². The van der Waals surface area contributed by atoms with Crippen LogP contribution >= 0.6 is 0 Å². The molecule has 8 unspecified atom stereocenters. The fourth-order valence-corrected chi connectivity index (χ4v) is 3.08. The van der Waals surface area contributed by atoms with Crippen molar-refractivity contribution in [2.24, 2.45) is 0 Å². The highest BCUT2D eigenvalue weighted by atomic mass is 16.7. The maximum Gasteiger partial charge on any atom is 0.229 e. The van der Waals surface area contributed by atoms with E-state index < -0.39 is 55.3 Å². The van der Waals surface area contributed by atoms with Crippen molar-refractivity contribution in [3.63, 3.8) is 0 Å². The molecular weight excluding hydrogens is 392 g/mol. The van der Waals surface area contributed by atoms with Gasteiger partial charge in [-0.05, 0) is 17.7 Å². The van der Waals surface area contributed by atoms with Crippen LogP contribution in [0.3, 0.4) is 0 Å². The first-order valence-corrected chi connectivity index (χ1v) is 9.09. The Morgan fingerprint density at radius 3 is 2.24 bits per heavy atom. The SMILES string of the molecule is OCc1ccc(OC2OC(COC3OCC(O)(CO)C3O)C(O)C(O)C2O)cc1. The highest BCUT2D eigenvalue weighted by Gasteiger charge is 2.50. The van der Waals surface area contributed by atoms with Crippen LogP contribution in [-0.2, 0) is 20.8 Å². The lowest BCUT2D eigenvalue weighted by molar-refractivity contribution is -0.289. The molecule has 2 fully saturated rings. The van der Waals surface area contributed by atoms with Crippen LogP contribution in [0.4, 0.5) is 0 Å². The van der Waals surface area contributed by atoms with Gasteiger partial charge in [0.2, 0.25) is 6.29 Å². The summed E-state index contributed by atoms with van der Waals surface area (Å²) in [6.45, 7) is -1.59. The largest absolute Gasteiger partial charge is 0.462 e. The van der Waals surface area contributed by atoms with Crippen LogP contribution in [0, 0.1) is 0 Å². The van der Waals surface area contributed by atoms with Crippen molar-refractivity contribution in [3.8, 4) is 5.75 Å². The summed E-state index contributed by atoms with van der Waals surface area (Å²) in [4.78, 5) is 0. The van der Waals surface area contributed by atoms with E-state index in [0.29, 0.717) is 11.3 Å². The number of ether oxygens (including phenoxy) is 4. The monoisotopic (exact) mass is 418 g/mol. The van der Waals surface area contributed by atoms with Crippen LogP contribution in [0.5, 0.6) is 5.75 Å². The standard InChI is InChI=1S/C18H26O11/c19-5-9-1-3-10(4-2-9)28-16-14(23)13(22)12(21)11(29-16)6-26-17-15(24)18(25,7-20)8-27-17/h1-4,11-17,19-25H,5-8H2. The predicted octanol–water partition coefficient (Wildman–Crippen LogP) is -3.18. The molecule has 11 heteroatoms. The molecule has 1 aromatic carbocycles. The fourth-order valence-electron chi connectivity index (χ4n) is 3.08. The number of rotatable bonds is 7. The van der Waals surface area contributed by atoms with Crippen molar-refractivity contribution in [2.75, 3.05) is 19.8 Å². The summed E-state index contributed by atoms with van der Waals surface area (Å²) in [5.41, 5.74) is -1.21. The second-order valence-electron chi connectivity index (χ2n) is 7.15. The first-order valence-electron chi connectivity index (χ1n) is 9.09. The van der Waals surface area contributed by atoms with Gasteiger partial charge in [0.05, 0.1) is 26.4 Å². The molecule has 0 amide bonds. The molecule has 11 nitrogen and oxygen atoms in total. The molecule has 0 aromatic heterocycles. The van der Waals surface area contributed by atoms with Crippen LogP contribution in [0.1, 0.15) is 5.56 Å². The van der Waals surface area contributed by atoms with Crippen molar-refractivity contribution in [1.82, 2.24) is 0 Å². The van der Waals surface area contributed by atoms with Gasteiger partial charge in [-0.25, -0.2) is 0 Å². The second kappa shape index (κ2) is 9.18. The summed E-state index contributed by atoms with van der Waals surface area (Å²) in [6.07, 6.45) is -9.94. The maximum atomic E-state index is 10.2. The van der Waals surface area contributed by atoms with Crippen LogP contribution in [-0.4, -0.2) is 104 Å². The van der Waals surface area contributed by atoms with E-state index in [1.54, 1.807) is 24.3 Å². The van der Waals surface area contributed by atoms with Crippen LogP contribution in [0.25, 0.3) is 0 Å². The molecule has 29 heavy (non-hydrogen) atoms. The van der Waals surface area contributed by atoms with Gasteiger partial charge in [0.15, 0.2) is 6.29 Å². The lowest BCUT2D eigenvalue weighted by Gasteiger charge is -2.40. The topological polar surface area (TPSA) is 179 Å². The van der Waals surface area contributed by atoms with E-state index in [2.05, 4.69) is 0 Å². The lowest BCUT2D eigenvalue weighted by Crippen LogP contribution is -2.60. The Balaban J connectivity index is 1.61. The van der Waals surface area contributed by atoms with Gasteiger partial charge >= 0.3 is 0 Å². The molecule has 2 aliphatic rings. The highest BCUT2D eigenvalue weighted by Crippen LogP contribution is 2.28. The zero-order chi connectivity index (χ0) is 21.2. The molecule has 2 saturated heterocycles. The van der Waals surface area contributed by atoms with Gasteiger partial charge in [0.1, 0.15) is 41.9 Å². The molecule has 0 radical (unpaired) electrons. The molecular formula is C18H26O11. The van der Waals surface area contributed by atoms with Crippen LogP contribution < -0.4 is 4.74 Å². The smallest absolute Gasteiger partial charge is 0.229 e. The Bertz CT molecular complexity index is 656. The maximum absolute atomic E-state index is 10.2. The number of aliphatic hydroxyl groups is 7. The van der Waals surface area contributed by atoms with Gasteiger partial charge in [-0.15, -0.1) is 0 Å². The molecule has 3 rings (SSSR count). The molecule has 1 aromatic rings. The zero-order valence-corrected chi connectivity index (χ0v) is 15.4. The number of benzene rings is 1. The average Bonchev–Trinajstić information content (AvgIpc) is 3.02. The average molecular weight is 418 g/mol. The predicted molar refractivity (Wildman–Crippen MR) is 93.4 cm³/mol. The Hall–Kier alpha value is -1.38. The molecule has 0 saturated carbocycles. The third-order valence-electron chi connectivity index (χ3n) is 5.03. The third kappa shape index (κ3) is 4.70. The Morgan fingerprint density at radius 1 is 0.966 bits per heavy atom. The minimum absolute atomic E-state index is 0.145. The molecule has 0 aliphatic carbocycles. The Labute approximate surface area is 166 Å². The van der Waals surface area contributed by atoms with Gasteiger partial charge in [-0.3, -0.25) is 0 Å². The summed E-state index contributed by atoms with van der Waals surface area (Å²) < 4.78 is 21.5. The lowest BCUT2D eigenvalue weighted by atomic mass is 9.99. The number of hydrogen-bond donors (Lipinski definition) is 7. The van der Waals surface area contributed by atoms with Gasteiger partial charge in [-0.1, -0.05) is 12.1 Å². The molecule has 0 bridgehead atoms. The molecule has 2 heterocycles. The van der Waals surface area contributed by atoms with Crippen LogP contribution in [0.2, 0.25) is 0 Å². The summed E-state index contributed by atoms with van der Waals surface area (Å²) in [5.74, 6) is 0.303. The second-order valence-corrected chi connectivity index (χ2v) is 7.15.